The molecule has 0 amide bonds. The summed E-state index contributed by atoms with van der Waals surface area (Å²) in [5, 5.41) is 0. The van der Waals surface area contributed by atoms with Crippen molar-refractivity contribution in [2.24, 2.45) is 5.73 Å². The molecule has 0 aliphatic carbocycles. The number of rotatable bonds is 12. The van der Waals surface area contributed by atoms with Crippen LogP contribution in [-0.4, -0.2) is 13.6 Å². The van der Waals surface area contributed by atoms with Gasteiger partial charge < -0.3 is 10.6 Å². The molecule has 218 valence electrons. The van der Waals surface area contributed by atoms with Gasteiger partial charge in [-0.25, -0.2) is 0 Å². The van der Waals surface area contributed by atoms with E-state index in [0.717, 1.165) is 45.6 Å². The van der Waals surface area contributed by atoms with Gasteiger partial charge in [0.2, 0.25) is 0 Å². The zero-order valence-corrected chi connectivity index (χ0v) is 26.1. The number of hydrogen-bond acceptors (Lipinski definition) is 2. The third-order valence-corrected chi connectivity index (χ3v) is 7.98. The van der Waals surface area contributed by atoms with Crippen molar-refractivity contribution >= 4 is 28.1 Å². The monoisotopic (exact) mass is 564 g/mol. The third kappa shape index (κ3) is 7.60. The van der Waals surface area contributed by atoms with Crippen molar-refractivity contribution in [2.45, 2.75) is 33.1 Å². The first kappa shape index (κ1) is 31.3. The van der Waals surface area contributed by atoms with Crippen LogP contribution in [0.2, 0.25) is 0 Å². The van der Waals surface area contributed by atoms with E-state index >= 15 is 0 Å². The van der Waals surface area contributed by atoms with E-state index in [2.05, 4.69) is 155 Å². The Labute approximate surface area is 258 Å². The molecule has 2 nitrogen and oxygen atoms in total. The number of allylic oxidation sites excluding steroid dienone is 7. The molecule has 2 heteroatoms. The van der Waals surface area contributed by atoms with Gasteiger partial charge in [0.15, 0.2) is 0 Å². The third-order valence-electron chi connectivity index (χ3n) is 7.98. The number of nitrogens with two attached hydrogens (primary N) is 1. The predicted octanol–water partition coefficient (Wildman–Crippen LogP) is 10.8. The maximum atomic E-state index is 5.81. The number of hydrogen-bond donors (Lipinski definition) is 1. The Bertz CT molecular complexity index is 1640. The van der Waals surface area contributed by atoms with Crippen LogP contribution in [0.15, 0.2) is 141 Å². The SMILES string of the molecule is C=C(/C=C(\C=CC)c1ccc(N(C)c2ccc(-c3ccccc3)cc2)c(C(=C)/C=C\CN)c1)c1ccccc1[C@H](C)CC. The average Bonchev–Trinajstić information content (AvgIpc) is 3.06. The van der Waals surface area contributed by atoms with Crippen LogP contribution in [0.25, 0.3) is 27.8 Å². The highest BCUT2D eigenvalue weighted by Crippen LogP contribution is 2.36. The summed E-state index contributed by atoms with van der Waals surface area (Å²) in [6.07, 6.45) is 11.5. The predicted molar refractivity (Wildman–Crippen MR) is 191 cm³/mol. The van der Waals surface area contributed by atoms with Crippen molar-refractivity contribution in [1.82, 2.24) is 0 Å². The lowest BCUT2D eigenvalue weighted by molar-refractivity contribution is 0.732. The van der Waals surface area contributed by atoms with Gasteiger partial charge in [-0.05, 0) is 94.1 Å². The van der Waals surface area contributed by atoms with Gasteiger partial charge in [0, 0.05) is 30.5 Å². The van der Waals surface area contributed by atoms with Crippen molar-refractivity contribution in [1.29, 1.82) is 0 Å². The molecule has 0 saturated carbocycles. The van der Waals surface area contributed by atoms with Crippen molar-refractivity contribution < 1.29 is 0 Å². The molecule has 0 aliphatic rings. The molecule has 0 bridgehead atoms. The summed E-state index contributed by atoms with van der Waals surface area (Å²) >= 11 is 0. The van der Waals surface area contributed by atoms with Crippen LogP contribution in [0.4, 0.5) is 11.4 Å². The molecule has 0 fully saturated rings. The lowest BCUT2D eigenvalue weighted by atomic mass is 9.89. The molecule has 0 unspecified atom stereocenters. The van der Waals surface area contributed by atoms with Gasteiger partial charge in [-0.3, -0.25) is 0 Å². The second-order valence-corrected chi connectivity index (χ2v) is 10.9. The van der Waals surface area contributed by atoms with E-state index in [9.17, 15) is 0 Å². The van der Waals surface area contributed by atoms with Gasteiger partial charge >= 0.3 is 0 Å². The molecule has 0 spiro atoms. The summed E-state index contributed by atoms with van der Waals surface area (Å²) in [6.45, 7) is 15.9. The van der Waals surface area contributed by atoms with E-state index in [-0.39, 0.29) is 0 Å². The van der Waals surface area contributed by atoms with Gasteiger partial charge in [-0.15, -0.1) is 0 Å². The van der Waals surface area contributed by atoms with Crippen LogP contribution in [0.3, 0.4) is 0 Å². The minimum Gasteiger partial charge on any atom is -0.344 e. The number of nitrogens with zero attached hydrogens (tertiary/aromatic N) is 1. The molecule has 0 aromatic heterocycles. The highest BCUT2D eigenvalue weighted by molar-refractivity contribution is 5.91. The maximum Gasteiger partial charge on any atom is 0.0487 e. The van der Waals surface area contributed by atoms with E-state index in [4.69, 9.17) is 5.73 Å². The van der Waals surface area contributed by atoms with Gasteiger partial charge in [-0.1, -0.05) is 124 Å². The van der Waals surface area contributed by atoms with E-state index in [1.807, 2.05) is 18.2 Å². The van der Waals surface area contributed by atoms with Crippen LogP contribution >= 0.6 is 0 Å². The van der Waals surface area contributed by atoms with Gasteiger partial charge in [0.1, 0.15) is 0 Å². The van der Waals surface area contributed by atoms with Crippen molar-refractivity contribution in [2.75, 3.05) is 18.5 Å². The summed E-state index contributed by atoms with van der Waals surface area (Å²) in [7, 11) is 2.10. The Kier molecular flexibility index (Phi) is 10.9. The highest BCUT2D eigenvalue weighted by Gasteiger charge is 2.15. The van der Waals surface area contributed by atoms with E-state index in [1.165, 1.54) is 22.3 Å². The molecule has 0 aliphatic heterocycles. The Balaban J connectivity index is 1.75. The summed E-state index contributed by atoms with van der Waals surface area (Å²) < 4.78 is 0. The van der Waals surface area contributed by atoms with E-state index in [0.29, 0.717) is 12.5 Å². The molecular formula is C41H44N2. The van der Waals surface area contributed by atoms with E-state index < -0.39 is 0 Å². The molecule has 1 atom stereocenters. The fourth-order valence-electron chi connectivity index (χ4n) is 5.32. The summed E-state index contributed by atoms with van der Waals surface area (Å²) in [6, 6.07) is 34.4. The quantitative estimate of drug-likeness (QED) is 0.173. The highest BCUT2D eigenvalue weighted by atomic mass is 15.1. The largest absolute Gasteiger partial charge is 0.344 e. The molecule has 2 N–H and O–H groups in total. The Hall–Kier alpha value is -4.66. The first-order valence-electron chi connectivity index (χ1n) is 15.1. The van der Waals surface area contributed by atoms with Crippen LogP contribution in [0, 0.1) is 0 Å². The molecular weight excluding hydrogens is 520 g/mol. The molecule has 43 heavy (non-hydrogen) atoms. The van der Waals surface area contributed by atoms with Crippen LogP contribution < -0.4 is 10.6 Å². The second-order valence-electron chi connectivity index (χ2n) is 10.9. The molecule has 0 radical (unpaired) electrons. The van der Waals surface area contributed by atoms with Crippen LogP contribution in [-0.2, 0) is 0 Å². The van der Waals surface area contributed by atoms with Gasteiger partial charge in [-0.2, -0.15) is 0 Å². The standard InChI is InChI=1S/C41H44N2/c1-7-15-35(28-32(5)39-20-13-12-19-38(39)30(3)8-2)36-23-26-41(40(29-36)31(4)16-14-27-42)43(6)37-24-21-34(22-25-37)33-17-10-9-11-18-33/h7,9-26,28-30H,4-5,8,27,42H2,1-3,6H3/b15-7?,16-14-,35-28+/t30-/m1/s1. The van der Waals surface area contributed by atoms with Gasteiger partial charge in [0.25, 0.3) is 0 Å². The van der Waals surface area contributed by atoms with Gasteiger partial charge in [0.05, 0.1) is 0 Å². The Morgan fingerprint density at radius 3 is 2.16 bits per heavy atom. The normalized spacial score (nSPS) is 12.5. The van der Waals surface area contributed by atoms with Crippen LogP contribution in [0.1, 0.15) is 55.4 Å². The topological polar surface area (TPSA) is 29.3 Å². The molecule has 0 saturated heterocycles. The fourth-order valence-corrected chi connectivity index (χ4v) is 5.32. The summed E-state index contributed by atoms with van der Waals surface area (Å²) in [4.78, 5) is 2.22. The minimum absolute atomic E-state index is 0.462. The smallest absolute Gasteiger partial charge is 0.0487 e. The van der Waals surface area contributed by atoms with E-state index in [1.54, 1.807) is 0 Å². The fraction of sp³-hybridized carbons (Fsp3) is 0.171. The number of anilines is 2. The van der Waals surface area contributed by atoms with Crippen molar-refractivity contribution in [3.05, 3.63) is 163 Å². The van der Waals surface area contributed by atoms with Crippen LogP contribution in [0.5, 0.6) is 0 Å². The molecule has 4 rings (SSSR count). The average molecular weight is 565 g/mol. The summed E-state index contributed by atoms with van der Waals surface area (Å²) in [5.74, 6) is 0.465. The molecule has 4 aromatic carbocycles. The first-order chi connectivity index (χ1) is 20.9. The summed E-state index contributed by atoms with van der Waals surface area (Å²) in [5.41, 5.74) is 18.1. The lowest BCUT2D eigenvalue weighted by Crippen LogP contribution is -2.11. The Morgan fingerprint density at radius 2 is 1.49 bits per heavy atom. The lowest BCUT2D eigenvalue weighted by Gasteiger charge is -2.24. The zero-order valence-electron chi connectivity index (χ0n) is 26.1. The molecule has 4 aromatic rings. The second kappa shape index (κ2) is 15.0. The van der Waals surface area contributed by atoms with Crippen molar-refractivity contribution in [3.63, 3.8) is 0 Å². The Morgan fingerprint density at radius 1 is 0.814 bits per heavy atom. The number of benzene rings is 4. The molecule has 0 heterocycles. The first-order valence-corrected chi connectivity index (χ1v) is 15.1. The minimum atomic E-state index is 0.462. The zero-order chi connectivity index (χ0) is 30.8. The van der Waals surface area contributed by atoms with Crippen molar-refractivity contribution in [3.8, 4) is 11.1 Å². The maximum absolute atomic E-state index is 5.81.